The molecule has 0 saturated carbocycles. The van der Waals surface area contributed by atoms with Gasteiger partial charge in [-0.1, -0.05) is 17.7 Å². The molecule has 2 unspecified atom stereocenters. The van der Waals surface area contributed by atoms with Gasteiger partial charge in [0.05, 0.1) is 0 Å². The predicted molar refractivity (Wildman–Crippen MR) is 93.1 cm³/mol. The van der Waals surface area contributed by atoms with Crippen molar-refractivity contribution in [2.45, 2.75) is 52.1 Å². The first kappa shape index (κ1) is 17.4. The highest BCUT2D eigenvalue weighted by atomic mass is 35.5. The number of hydrogen-bond acceptors (Lipinski definition) is 3. The van der Waals surface area contributed by atoms with Gasteiger partial charge in [-0.15, -0.1) is 0 Å². The van der Waals surface area contributed by atoms with Gasteiger partial charge in [0.25, 0.3) is 5.91 Å². The molecule has 1 aliphatic rings. The van der Waals surface area contributed by atoms with Crippen LogP contribution >= 0.6 is 11.6 Å². The van der Waals surface area contributed by atoms with E-state index in [2.05, 4.69) is 24.1 Å². The van der Waals surface area contributed by atoms with E-state index in [0.717, 1.165) is 18.4 Å². The number of nitriles is 1. The zero-order valence-corrected chi connectivity index (χ0v) is 14.5. The Labute approximate surface area is 142 Å². The van der Waals surface area contributed by atoms with Crippen molar-refractivity contribution in [3.63, 3.8) is 0 Å². The van der Waals surface area contributed by atoms with Gasteiger partial charge < -0.3 is 10.2 Å². The first-order valence-corrected chi connectivity index (χ1v) is 8.27. The second-order valence-corrected chi connectivity index (χ2v) is 6.56. The lowest BCUT2D eigenvalue weighted by molar-refractivity contribution is -0.112. The van der Waals surface area contributed by atoms with Crippen LogP contribution in [0.15, 0.2) is 30.0 Å². The van der Waals surface area contributed by atoms with Crippen molar-refractivity contribution in [1.82, 2.24) is 4.90 Å². The van der Waals surface area contributed by atoms with Crippen molar-refractivity contribution in [2.24, 2.45) is 0 Å². The summed E-state index contributed by atoms with van der Waals surface area (Å²) in [6, 6.07) is 7.99. The molecule has 1 heterocycles. The first-order chi connectivity index (χ1) is 10.9. The molecule has 1 fully saturated rings. The number of hydrogen-bond donors (Lipinski definition) is 1. The molecule has 23 heavy (non-hydrogen) atoms. The Hall–Kier alpha value is -1.99. The van der Waals surface area contributed by atoms with E-state index in [1.807, 2.05) is 19.1 Å². The number of rotatable bonds is 3. The van der Waals surface area contributed by atoms with E-state index in [0.29, 0.717) is 22.8 Å². The lowest BCUT2D eigenvalue weighted by Gasteiger charge is -2.38. The second kappa shape index (κ2) is 7.52. The van der Waals surface area contributed by atoms with E-state index in [-0.39, 0.29) is 5.57 Å². The molecular weight excluding hydrogens is 310 g/mol. The van der Waals surface area contributed by atoms with Gasteiger partial charge in [0.1, 0.15) is 11.6 Å². The van der Waals surface area contributed by atoms with Crippen LogP contribution in [0, 0.1) is 18.3 Å². The summed E-state index contributed by atoms with van der Waals surface area (Å²) in [5.74, 6) is -0.405. The summed E-state index contributed by atoms with van der Waals surface area (Å²) in [5.41, 5.74) is 1.64. The smallest absolute Gasteiger partial charge is 0.267 e. The van der Waals surface area contributed by atoms with Gasteiger partial charge >= 0.3 is 0 Å². The molecule has 1 aromatic carbocycles. The van der Waals surface area contributed by atoms with Gasteiger partial charge in [0, 0.05) is 29.0 Å². The molecule has 0 radical (unpaired) electrons. The molecule has 0 bridgehead atoms. The number of carbonyl (C=O) groups excluding carboxylic acids is 1. The summed E-state index contributed by atoms with van der Waals surface area (Å²) in [5, 5.41) is 12.7. The normalized spacial score (nSPS) is 21.7. The van der Waals surface area contributed by atoms with Crippen LogP contribution in [-0.2, 0) is 4.79 Å². The first-order valence-electron chi connectivity index (χ1n) is 7.89. The molecule has 1 N–H and O–H groups in total. The summed E-state index contributed by atoms with van der Waals surface area (Å²) in [7, 11) is 0. The Morgan fingerprint density at radius 1 is 1.39 bits per heavy atom. The highest BCUT2D eigenvalue weighted by Gasteiger charge is 2.23. The summed E-state index contributed by atoms with van der Waals surface area (Å²) < 4.78 is 0. The minimum absolute atomic E-state index is 0.113. The number of likely N-dealkylation sites (tertiary alicyclic amines) is 1. The molecule has 2 rings (SSSR count). The fourth-order valence-corrected chi connectivity index (χ4v) is 3.03. The molecule has 5 heteroatoms. The van der Waals surface area contributed by atoms with Crippen molar-refractivity contribution < 1.29 is 4.79 Å². The van der Waals surface area contributed by atoms with Crippen molar-refractivity contribution in [3.05, 3.63) is 40.6 Å². The molecule has 1 aromatic rings. The zero-order chi connectivity index (χ0) is 17.0. The maximum atomic E-state index is 12.4. The molecule has 0 spiro atoms. The highest BCUT2D eigenvalue weighted by Crippen LogP contribution is 2.24. The third-order valence-corrected chi connectivity index (χ3v) is 4.74. The minimum Gasteiger partial charge on any atom is -0.371 e. The molecule has 1 aliphatic heterocycles. The average molecular weight is 332 g/mol. The number of halogens is 1. The Bertz CT molecular complexity index is 653. The van der Waals surface area contributed by atoms with Crippen LogP contribution in [0.3, 0.4) is 0 Å². The van der Waals surface area contributed by atoms with E-state index in [1.54, 1.807) is 18.3 Å². The molecule has 1 saturated heterocycles. The standard InChI is InChI=1S/C18H22ClN3O/c1-12-7-8-16(9-17(12)19)21-18(23)15(10-20)11-22-13(2)5-4-6-14(22)3/h7-9,11,13-14H,4-6H2,1-3H3,(H,21,23)/b15-11-. The van der Waals surface area contributed by atoms with Gasteiger partial charge in [-0.3, -0.25) is 4.79 Å². The third kappa shape index (κ3) is 4.27. The summed E-state index contributed by atoms with van der Waals surface area (Å²) in [6.45, 7) is 6.14. The van der Waals surface area contributed by atoms with Crippen molar-refractivity contribution >= 4 is 23.2 Å². The predicted octanol–water partition coefficient (Wildman–Crippen LogP) is 4.26. The maximum absolute atomic E-state index is 12.4. The lowest BCUT2D eigenvalue weighted by atomic mass is 9.98. The molecular formula is C18H22ClN3O. The van der Waals surface area contributed by atoms with Crippen molar-refractivity contribution in [1.29, 1.82) is 5.26 Å². The number of carbonyl (C=O) groups is 1. The SMILES string of the molecule is Cc1ccc(NC(=O)/C(C#N)=C\N2C(C)CCCC2C)cc1Cl. The largest absolute Gasteiger partial charge is 0.371 e. The van der Waals surface area contributed by atoms with Gasteiger partial charge in [0.15, 0.2) is 0 Å². The van der Waals surface area contributed by atoms with Crippen LogP contribution in [0.2, 0.25) is 5.02 Å². The number of aryl methyl sites for hydroxylation is 1. The van der Waals surface area contributed by atoms with Crippen LogP contribution in [0.5, 0.6) is 0 Å². The highest BCUT2D eigenvalue weighted by molar-refractivity contribution is 6.31. The number of amides is 1. The fraction of sp³-hybridized carbons (Fsp3) is 0.444. The topological polar surface area (TPSA) is 56.1 Å². The quantitative estimate of drug-likeness (QED) is 0.665. The molecule has 2 atom stereocenters. The molecule has 0 aliphatic carbocycles. The van der Waals surface area contributed by atoms with Gasteiger partial charge in [-0.05, 0) is 57.7 Å². The van der Waals surface area contributed by atoms with E-state index < -0.39 is 5.91 Å². The Morgan fingerprint density at radius 2 is 2.04 bits per heavy atom. The lowest BCUT2D eigenvalue weighted by Crippen LogP contribution is -2.40. The monoisotopic (exact) mass is 331 g/mol. The Kier molecular flexibility index (Phi) is 5.68. The van der Waals surface area contributed by atoms with Crippen LogP contribution in [0.4, 0.5) is 5.69 Å². The molecule has 122 valence electrons. The van der Waals surface area contributed by atoms with Gasteiger partial charge in [0.2, 0.25) is 0 Å². The van der Waals surface area contributed by atoms with E-state index in [4.69, 9.17) is 11.6 Å². The number of nitrogens with zero attached hydrogens (tertiary/aromatic N) is 2. The van der Waals surface area contributed by atoms with E-state index in [9.17, 15) is 10.1 Å². The Morgan fingerprint density at radius 3 is 2.61 bits per heavy atom. The second-order valence-electron chi connectivity index (χ2n) is 6.15. The van der Waals surface area contributed by atoms with Crippen molar-refractivity contribution in [2.75, 3.05) is 5.32 Å². The zero-order valence-electron chi connectivity index (χ0n) is 13.8. The van der Waals surface area contributed by atoms with Gasteiger partial charge in [-0.2, -0.15) is 5.26 Å². The maximum Gasteiger partial charge on any atom is 0.267 e. The number of anilines is 1. The number of nitrogens with one attached hydrogen (secondary N) is 1. The van der Waals surface area contributed by atoms with Crippen LogP contribution in [0.25, 0.3) is 0 Å². The Balaban J connectivity index is 2.16. The van der Waals surface area contributed by atoms with Crippen LogP contribution < -0.4 is 5.32 Å². The van der Waals surface area contributed by atoms with Crippen molar-refractivity contribution in [3.8, 4) is 6.07 Å². The summed E-state index contributed by atoms with van der Waals surface area (Å²) >= 11 is 6.07. The van der Waals surface area contributed by atoms with Crippen LogP contribution in [-0.4, -0.2) is 22.9 Å². The molecule has 4 nitrogen and oxygen atoms in total. The minimum atomic E-state index is -0.405. The number of piperidine rings is 1. The average Bonchev–Trinajstić information content (AvgIpc) is 2.50. The summed E-state index contributed by atoms with van der Waals surface area (Å²) in [6.07, 6.45) is 5.03. The van der Waals surface area contributed by atoms with E-state index in [1.165, 1.54) is 6.42 Å². The molecule has 0 aromatic heterocycles. The number of benzene rings is 1. The van der Waals surface area contributed by atoms with Gasteiger partial charge in [-0.25, -0.2) is 0 Å². The van der Waals surface area contributed by atoms with E-state index >= 15 is 0 Å². The molecule has 1 amide bonds. The summed E-state index contributed by atoms with van der Waals surface area (Å²) in [4.78, 5) is 14.5. The fourth-order valence-electron chi connectivity index (χ4n) is 2.85. The van der Waals surface area contributed by atoms with Crippen LogP contribution in [0.1, 0.15) is 38.7 Å². The third-order valence-electron chi connectivity index (χ3n) is 4.33.